The summed E-state index contributed by atoms with van der Waals surface area (Å²) in [5.74, 6) is -0.315. The third-order valence-corrected chi connectivity index (χ3v) is 5.19. The Balaban J connectivity index is 1.83. The maximum Gasteiger partial charge on any atom is 0.141 e. The Bertz CT molecular complexity index is 654. The van der Waals surface area contributed by atoms with Gasteiger partial charge in [0.1, 0.15) is 5.82 Å². The molecule has 25 heavy (non-hydrogen) atoms. The highest BCUT2D eigenvalue weighted by Crippen LogP contribution is 2.28. The van der Waals surface area contributed by atoms with E-state index in [4.69, 9.17) is 4.74 Å². The van der Waals surface area contributed by atoms with E-state index in [1.165, 1.54) is 12.3 Å². The maximum absolute atomic E-state index is 13.3. The molecule has 1 fully saturated rings. The number of pyridine rings is 1. The Morgan fingerprint density at radius 2 is 1.88 bits per heavy atom. The minimum atomic E-state index is -0.315. The summed E-state index contributed by atoms with van der Waals surface area (Å²) in [6, 6.07) is 13.3. The molecule has 2 heterocycles. The summed E-state index contributed by atoms with van der Waals surface area (Å²) >= 11 is 0. The molecule has 134 valence electrons. The van der Waals surface area contributed by atoms with E-state index in [-0.39, 0.29) is 17.4 Å². The molecule has 3 rings (SSSR count). The molecule has 1 saturated heterocycles. The van der Waals surface area contributed by atoms with Crippen molar-refractivity contribution in [2.45, 2.75) is 24.4 Å². The van der Waals surface area contributed by atoms with Gasteiger partial charge in [-0.3, -0.25) is 4.98 Å². The van der Waals surface area contributed by atoms with E-state index < -0.39 is 0 Å². The van der Waals surface area contributed by atoms with Gasteiger partial charge in [0, 0.05) is 25.3 Å². The second-order valence-corrected chi connectivity index (χ2v) is 6.86. The Morgan fingerprint density at radius 3 is 2.48 bits per heavy atom. The third-order valence-electron chi connectivity index (χ3n) is 5.19. The molecule has 0 aliphatic carbocycles. The fraction of sp³-hybridized carbons (Fsp3) is 0.450. The smallest absolute Gasteiger partial charge is 0.141 e. The normalized spacial score (nSPS) is 18.2. The fourth-order valence-electron chi connectivity index (χ4n) is 3.42. The zero-order valence-corrected chi connectivity index (χ0v) is 14.9. The van der Waals surface area contributed by atoms with Crippen LogP contribution in [0, 0.1) is 5.82 Å². The molecule has 0 amide bonds. The number of likely N-dealkylation sites (N-methyl/N-ethyl adjacent to an activating group) is 1. The number of nitrogens with one attached hydrogen (secondary N) is 1. The monoisotopic (exact) mass is 343 g/mol. The Kier molecular flexibility index (Phi) is 5.78. The summed E-state index contributed by atoms with van der Waals surface area (Å²) in [6.07, 6.45) is 3.26. The number of rotatable bonds is 6. The Hall–Kier alpha value is -1.82. The predicted octanol–water partition coefficient (Wildman–Crippen LogP) is 3.01. The van der Waals surface area contributed by atoms with Crippen molar-refractivity contribution in [1.82, 2.24) is 15.2 Å². The van der Waals surface area contributed by atoms with Gasteiger partial charge >= 0.3 is 0 Å². The molecule has 1 N–H and O–H groups in total. The lowest BCUT2D eigenvalue weighted by molar-refractivity contribution is -0.00784. The van der Waals surface area contributed by atoms with Crippen molar-refractivity contribution >= 4 is 0 Å². The molecular weight excluding hydrogens is 317 g/mol. The quantitative estimate of drug-likeness (QED) is 0.875. The van der Waals surface area contributed by atoms with E-state index in [2.05, 4.69) is 41.4 Å². The molecular formula is C20H26FN3O. The average Bonchev–Trinajstić information content (AvgIpc) is 2.65. The lowest BCUT2D eigenvalue weighted by Gasteiger charge is -2.43. The number of ether oxygens (including phenoxy) is 1. The van der Waals surface area contributed by atoms with Crippen LogP contribution in [0.15, 0.2) is 48.7 Å². The SMILES string of the molecule is CN(C)C1(CNC(c2ccccc2)c2ccc(F)cn2)CCOCC1. The van der Waals surface area contributed by atoms with Crippen molar-refractivity contribution in [2.24, 2.45) is 0 Å². The van der Waals surface area contributed by atoms with Crippen LogP contribution < -0.4 is 5.32 Å². The number of nitrogens with zero attached hydrogens (tertiary/aromatic N) is 2. The summed E-state index contributed by atoms with van der Waals surface area (Å²) in [6.45, 7) is 2.39. The van der Waals surface area contributed by atoms with Crippen LogP contribution in [0.5, 0.6) is 0 Å². The van der Waals surface area contributed by atoms with Crippen LogP contribution in [0.1, 0.15) is 30.1 Å². The molecule has 1 aromatic heterocycles. The molecule has 5 heteroatoms. The van der Waals surface area contributed by atoms with Gasteiger partial charge in [-0.1, -0.05) is 30.3 Å². The van der Waals surface area contributed by atoms with Crippen LogP contribution in [0.4, 0.5) is 4.39 Å². The van der Waals surface area contributed by atoms with Crippen LogP contribution in [0.25, 0.3) is 0 Å². The van der Waals surface area contributed by atoms with E-state index in [0.717, 1.165) is 43.9 Å². The highest BCUT2D eigenvalue weighted by molar-refractivity contribution is 5.27. The van der Waals surface area contributed by atoms with E-state index >= 15 is 0 Å². The zero-order chi connectivity index (χ0) is 17.7. The van der Waals surface area contributed by atoms with Gasteiger partial charge in [-0.15, -0.1) is 0 Å². The van der Waals surface area contributed by atoms with Crippen LogP contribution in [-0.2, 0) is 4.74 Å². The molecule has 1 aliphatic heterocycles. The number of aromatic nitrogens is 1. The molecule has 1 atom stereocenters. The summed E-state index contributed by atoms with van der Waals surface area (Å²) < 4.78 is 18.8. The molecule has 0 radical (unpaired) electrons. The van der Waals surface area contributed by atoms with Gasteiger partial charge in [0.25, 0.3) is 0 Å². The first kappa shape index (κ1) is 18.0. The summed E-state index contributed by atoms with van der Waals surface area (Å²) in [4.78, 5) is 6.60. The highest BCUT2D eigenvalue weighted by Gasteiger charge is 2.35. The minimum absolute atomic E-state index is 0.0608. The molecule has 1 unspecified atom stereocenters. The van der Waals surface area contributed by atoms with Gasteiger partial charge in [-0.05, 0) is 44.6 Å². The predicted molar refractivity (Wildman–Crippen MR) is 97.0 cm³/mol. The number of hydrogen-bond donors (Lipinski definition) is 1. The lowest BCUT2D eigenvalue weighted by Crippen LogP contribution is -2.55. The van der Waals surface area contributed by atoms with Crippen LogP contribution in [-0.4, -0.2) is 49.3 Å². The van der Waals surface area contributed by atoms with Gasteiger partial charge in [-0.25, -0.2) is 4.39 Å². The van der Waals surface area contributed by atoms with Gasteiger partial charge in [0.2, 0.25) is 0 Å². The summed E-state index contributed by atoms with van der Waals surface area (Å²) in [5.41, 5.74) is 2.02. The van der Waals surface area contributed by atoms with Crippen LogP contribution >= 0.6 is 0 Å². The van der Waals surface area contributed by atoms with Crippen molar-refractivity contribution in [2.75, 3.05) is 33.9 Å². The van der Waals surface area contributed by atoms with Crippen molar-refractivity contribution in [3.8, 4) is 0 Å². The van der Waals surface area contributed by atoms with Gasteiger partial charge in [-0.2, -0.15) is 0 Å². The standard InChI is InChI=1S/C20H26FN3O/c1-24(2)20(10-12-25-13-11-20)15-23-19(16-6-4-3-5-7-16)18-9-8-17(21)14-22-18/h3-9,14,19,23H,10-13,15H2,1-2H3. The number of hydrogen-bond acceptors (Lipinski definition) is 4. The van der Waals surface area contributed by atoms with Crippen molar-refractivity contribution < 1.29 is 9.13 Å². The van der Waals surface area contributed by atoms with Crippen molar-refractivity contribution in [1.29, 1.82) is 0 Å². The van der Waals surface area contributed by atoms with Crippen molar-refractivity contribution in [3.05, 3.63) is 65.7 Å². The molecule has 2 aromatic rings. The van der Waals surface area contributed by atoms with Gasteiger partial charge in [0.15, 0.2) is 0 Å². The van der Waals surface area contributed by atoms with Crippen LogP contribution in [0.3, 0.4) is 0 Å². The summed E-state index contributed by atoms with van der Waals surface area (Å²) in [7, 11) is 4.25. The first-order chi connectivity index (χ1) is 12.1. The Morgan fingerprint density at radius 1 is 1.16 bits per heavy atom. The summed E-state index contributed by atoms with van der Waals surface area (Å²) in [5, 5.41) is 3.68. The minimum Gasteiger partial charge on any atom is -0.381 e. The van der Waals surface area contributed by atoms with Crippen LogP contribution in [0.2, 0.25) is 0 Å². The van der Waals surface area contributed by atoms with Gasteiger partial charge < -0.3 is 15.0 Å². The van der Waals surface area contributed by atoms with Crippen molar-refractivity contribution in [3.63, 3.8) is 0 Å². The Labute approximate surface area is 149 Å². The largest absolute Gasteiger partial charge is 0.381 e. The first-order valence-electron chi connectivity index (χ1n) is 8.76. The average molecular weight is 343 g/mol. The number of halogens is 1. The second kappa shape index (κ2) is 8.04. The second-order valence-electron chi connectivity index (χ2n) is 6.86. The lowest BCUT2D eigenvalue weighted by atomic mass is 9.88. The molecule has 0 bridgehead atoms. The molecule has 0 spiro atoms. The van der Waals surface area contributed by atoms with E-state index in [1.54, 1.807) is 6.07 Å². The number of benzene rings is 1. The molecule has 4 nitrogen and oxygen atoms in total. The third kappa shape index (κ3) is 4.24. The van der Waals surface area contributed by atoms with E-state index in [1.807, 2.05) is 18.2 Å². The first-order valence-corrected chi connectivity index (χ1v) is 8.76. The zero-order valence-electron chi connectivity index (χ0n) is 14.9. The van der Waals surface area contributed by atoms with Gasteiger partial charge in [0.05, 0.1) is 17.9 Å². The van der Waals surface area contributed by atoms with E-state index in [9.17, 15) is 4.39 Å². The topological polar surface area (TPSA) is 37.4 Å². The molecule has 1 aromatic carbocycles. The van der Waals surface area contributed by atoms with E-state index in [0.29, 0.717) is 0 Å². The molecule has 0 saturated carbocycles. The molecule has 1 aliphatic rings. The fourth-order valence-corrected chi connectivity index (χ4v) is 3.42. The maximum atomic E-state index is 13.3. The highest BCUT2D eigenvalue weighted by atomic mass is 19.1.